The Labute approximate surface area is 138 Å². The van der Waals surface area contributed by atoms with Crippen LogP contribution in [0.3, 0.4) is 0 Å². The van der Waals surface area contributed by atoms with Gasteiger partial charge in [-0.3, -0.25) is 4.79 Å². The highest BCUT2D eigenvalue weighted by atomic mass is 16.5. The molecule has 1 N–H and O–H groups in total. The highest BCUT2D eigenvalue weighted by molar-refractivity contribution is 6.07. The van der Waals surface area contributed by atoms with E-state index in [1.54, 1.807) is 19.2 Å². The van der Waals surface area contributed by atoms with Gasteiger partial charge in [-0.15, -0.1) is 0 Å². The minimum absolute atomic E-state index is 0.141. The predicted octanol–water partition coefficient (Wildman–Crippen LogP) is 5.19. The molecule has 0 radical (unpaired) electrons. The van der Waals surface area contributed by atoms with E-state index in [-0.39, 0.29) is 5.91 Å². The molecule has 0 aliphatic heterocycles. The molecule has 0 bridgehead atoms. The Kier molecular flexibility index (Phi) is 5.43. The minimum Gasteiger partial charge on any atom is -0.496 e. The molecule has 2 aromatic carbocycles. The molecule has 2 rings (SSSR count). The lowest BCUT2D eigenvalue weighted by molar-refractivity contribution is 0.102. The smallest absolute Gasteiger partial charge is 0.259 e. The summed E-state index contributed by atoms with van der Waals surface area (Å²) in [5.74, 6) is 1.11. The van der Waals surface area contributed by atoms with Crippen molar-refractivity contribution in [2.24, 2.45) is 0 Å². The zero-order valence-corrected chi connectivity index (χ0v) is 14.5. The quantitative estimate of drug-likeness (QED) is 0.824. The van der Waals surface area contributed by atoms with Crippen molar-refractivity contribution < 1.29 is 9.53 Å². The molecule has 0 fully saturated rings. The van der Waals surface area contributed by atoms with E-state index in [4.69, 9.17) is 4.74 Å². The number of hydrogen-bond donors (Lipinski definition) is 1. The molecule has 122 valence electrons. The Balaban J connectivity index is 2.44. The second-order valence-electron chi connectivity index (χ2n) is 6.28. The zero-order valence-electron chi connectivity index (χ0n) is 14.5. The number of nitrogens with one attached hydrogen (secondary N) is 1. The van der Waals surface area contributed by atoms with Crippen LogP contribution < -0.4 is 10.1 Å². The first-order chi connectivity index (χ1) is 11.0. The molecule has 2 aromatic rings. The van der Waals surface area contributed by atoms with Crippen molar-refractivity contribution in [3.8, 4) is 5.75 Å². The number of carbonyl (C=O) groups excluding carboxylic acids is 1. The fourth-order valence-corrected chi connectivity index (χ4v) is 2.71. The number of methoxy groups -OCH3 is 1. The van der Waals surface area contributed by atoms with Crippen molar-refractivity contribution in [3.05, 3.63) is 59.2 Å². The molecule has 23 heavy (non-hydrogen) atoms. The molecule has 1 amide bonds. The number of rotatable bonds is 5. The SMILES string of the molecule is COc1ccccc1C(=O)Nc1c(C(C)C)cccc1C(C)C. The van der Waals surface area contributed by atoms with Gasteiger partial charge >= 0.3 is 0 Å². The van der Waals surface area contributed by atoms with Crippen molar-refractivity contribution >= 4 is 11.6 Å². The van der Waals surface area contributed by atoms with Crippen molar-refractivity contribution in [1.82, 2.24) is 0 Å². The lowest BCUT2D eigenvalue weighted by Crippen LogP contribution is -2.16. The maximum absolute atomic E-state index is 12.8. The fraction of sp³-hybridized carbons (Fsp3) is 0.350. The van der Waals surface area contributed by atoms with Gasteiger partial charge in [0, 0.05) is 5.69 Å². The Bertz CT molecular complexity index is 664. The lowest BCUT2D eigenvalue weighted by atomic mass is 9.92. The summed E-state index contributed by atoms with van der Waals surface area (Å²) < 4.78 is 5.30. The second kappa shape index (κ2) is 7.32. The molecule has 0 spiro atoms. The molecule has 0 aromatic heterocycles. The predicted molar refractivity (Wildman–Crippen MR) is 95.6 cm³/mol. The molecule has 3 nitrogen and oxygen atoms in total. The van der Waals surface area contributed by atoms with Gasteiger partial charge in [-0.2, -0.15) is 0 Å². The Hall–Kier alpha value is -2.29. The first-order valence-corrected chi connectivity index (χ1v) is 8.02. The van der Waals surface area contributed by atoms with E-state index in [0.717, 1.165) is 16.8 Å². The molecule has 0 unspecified atom stereocenters. The van der Waals surface area contributed by atoms with Crippen LogP contribution in [-0.4, -0.2) is 13.0 Å². The van der Waals surface area contributed by atoms with Crippen LogP contribution in [0.25, 0.3) is 0 Å². The van der Waals surface area contributed by atoms with Gasteiger partial charge in [-0.1, -0.05) is 58.0 Å². The van der Waals surface area contributed by atoms with Gasteiger partial charge in [0.2, 0.25) is 0 Å². The maximum atomic E-state index is 12.8. The molecule has 0 atom stereocenters. The van der Waals surface area contributed by atoms with Gasteiger partial charge in [0.1, 0.15) is 5.75 Å². The van der Waals surface area contributed by atoms with Crippen LogP contribution in [0.2, 0.25) is 0 Å². The number of carbonyl (C=O) groups is 1. The number of hydrogen-bond acceptors (Lipinski definition) is 2. The van der Waals surface area contributed by atoms with Crippen LogP contribution in [0.4, 0.5) is 5.69 Å². The fourth-order valence-electron chi connectivity index (χ4n) is 2.71. The third-order valence-electron chi connectivity index (χ3n) is 3.96. The van der Waals surface area contributed by atoms with Gasteiger partial charge in [-0.25, -0.2) is 0 Å². The second-order valence-corrected chi connectivity index (χ2v) is 6.28. The molecule has 0 saturated heterocycles. The zero-order chi connectivity index (χ0) is 17.0. The summed E-state index contributed by atoms with van der Waals surface area (Å²) in [4.78, 5) is 12.8. The summed E-state index contributed by atoms with van der Waals surface area (Å²) in [6.45, 7) is 8.55. The number of anilines is 1. The van der Waals surface area contributed by atoms with E-state index in [1.807, 2.05) is 12.1 Å². The molecule has 0 aliphatic carbocycles. The monoisotopic (exact) mass is 311 g/mol. The van der Waals surface area contributed by atoms with E-state index in [0.29, 0.717) is 23.1 Å². The van der Waals surface area contributed by atoms with E-state index < -0.39 is 0 Å². The van der Waals surface area contributed by atoms with Crippen molar-refractivity contribution in [3.63, 3.8) is 0 Å². The van der Waals surface area contributed by atoms with Crippen LogP contribution in [0.5, 0.6) is 5.75 Å². The number of ether oxygens (including phenoxy) is 1. The van der Waals surface area contributed by atoms with E-state index in [9.17, 15) is 4.79 Å². The average molecular weight is 311 g/mol. The highest BCUT2D eigenvalue weighted by Crippen LogP contribution is 2.33. The summed E-state index contributed by atoms with van der Waals surface area (Å²) in [5, 5.41) is 3.11. The van der Waals surface area contributed by atoms with Crippen LogP contribution >= 0.6 is 0 Å². The van der Waals surface area contributed by atoms with Crippen molar-refractivity contribution in [1.29, 1.82) is 0 Å². The summed E-state index contributed by atoms with van der Waals surface area (Å²) in [6, 6.07) is 13.5. The van der Waals surface area contributed by atoms with Gasteiger partial charge < -0.3 is 10.1 Å². The third-order valence-corrected chi connectivity index (χ3v) is 3.96. The Morgan fingerprint density at radius 2 is 1.48 bits per heavy atom. The number of para-hydroxylation sites is 2. The molecule has 3 heteroatoms. The minimum atomic E-state index is -0.141. The standard InChI is InChI=1S/C20H25NO2/c1-13(2)15-10-8-11-16(14(3)4)19(15)21-20(22)17-9-6-7-12-18(17)23-5/h6-14H,1-5H3,(H,21,22). The van der Waals surface area contributed by atoms with Crippen LogP contribution in [0.1, 0.15) is 61.0 Å². The summed E-state index contributed by atoms with van der Waals surface area (Å²) in [5.41, 5.74) is 3.77. The topological polar surface area (TPSA) is 38.3 Å². The first kappa shape index (κ1) is 17.1. The molecular formula is C20H25NO2. The number of benzene rings is 2. The van der Waals surface area contributed by atoms with Crippen LogP contribution in [0, 0.1) is 0 Å². The Morgan fingerprint density at radius 3 is 2.00 bits per heavy atom. The first-order valence-electron chi connectivity index (χ1n) is 8.02. The highest BCUT2D eigenvalue weighted by Gasteiger charge is 2.18. The molecule has 0 aliphatic rings. The average Bonchev–Trinajstić information content (AvgIpc) is 2.54. The molecule has 0 heterocycles. The largest absolute Gasteiger partial charge is 0.496 e. The van der Waals surface area contributed by atoms with Crippen molar-refractivity contribution in [2.45, 2.75) is 39.5 Å². The van der Waals surface area contributed by atoms with Gasteiger partial charge in [0.15, 0.2) is 0 Å². The third kappa shape index (κ3) is 3.73. The maximum Gasteiger partial charge on any atom is 0.259 e. The summed E-state index contributed by atoms with van der Waals surface area (Å²) in [7, 11) is 1.58. The van der Waals surface area contributed by atoms with E-state index in [2.05, 4.69) is 51.2 Å². The van der Waals surface area contributed by atoms with Gasteiger partial charge in [0.05, 0.1) is 12.7 Å². The van der Waals surface area contributed by atoms with Gasteiger partial charge in [-0.05, 0) is 35.1 Å². The molecule has 0 saturated carbocycles. The summed E-state index contributed by atoms with van der Waals surface area (Å²) in [6.07, 6.45) is 0. The van der Waals surface area contributed by atoms with Gasteiger partial charge in [0.25, 0.3) is 5.91 Å². The van der Waals surface area contributed by atoms with E-state index >= 15 is 0 Å². The lowest BCUT2D eigenvalue weighted by Gasteiger charge is -2.20. The number of amides is 1. The summed E-state index contributed by atoms with van der Waals surface area (Å²) >= 11 is 0. The van der Waals surface area contributed by atoms with Crippen LogP contribution in [0.15, 0.2) is 42.5 Å². The Morgan fingerprint density at radius 1 is 0.913 bits per heavy atom. The van der Waals surface area contributed by atoms with Crippen molar-refractivity contribution in [2.75, 3.05) is 12.4 Å². The normalized spacial score (nSPS) is 10.9. The molecular weight excluding hydrogens is 286 g/mol. The van der Waals surface area contributed by atoms with Crippen LogP contribution in [-0.2, 0) is 0 Å². The van der Waals surface area contributed by atoms with E-state index in [1.165, 1.54) is 0 Å².